The van der Waals surface area contributed by atoms with Crippen LogP contribution in [0.4, 0.5) is 0 Å². The third-order valence-electron chi connectivity index (χ3n) is 2.11. The summed E-state index contributed by atoms with van der Waals surface area (Å²) in [6, 6.07) is 0. The van der Waals surface area contributed by atoms with Crippen LogP contribution in [0.5, 0.6) is 0 Å². The van der Waals surface area contributed by atoms with Crippen molar-refractivity contribution in [1.29, 1.82) is 0 Å². The van der Waals surface area contributed by atoms with Gasteiger partial charge in [-0.05, 0) is 33.5 Å². The molecule has 0 aliphatic rings. The molecule has 0 spiro atoms. The van der Waals surface area contributed by atoms with Crippen molar-refractivity contribution in [2.45, 2.75) is 25.7 Å². The Morgan fingerprint density at radius 2 is 1.76 bits per heavy atom. The van der Waals surface area contributed by atoms with Gasteiger partial charge in [-0.25, -0.2) is 9.59 Å². The molecule has 0 aromatic heterocycles. The molecule has 0 aromatic rings. The van der Waals surface area contributed by atoms with Gasteiger partial charge < -0.3 is 14.7 Å². The Balaban J connectivity index is 3.34. The van der Waals surface area contributed by atoms with Gasteiger partial charge >= 0.3 is 11.9 Å². The van der Waals surface area contributed by atoms with E-state index in [1.807, 2.05) is 14.1 Å². The van der Waals surface area contributed by atoms with Crippen LogP contribution in [0.3, 0.4) is 0 Å². The van der Waals surface area contributed by atoms with Gasteiger partial charge in [0.1, 0.15) is 0 Å². The molecule has 0 bridgehead atoms. The Hall–Kier alpha value is -1.36. The standard InChI is InChI=1S/C12H21NO4/c1-13(2)9-5-3-4-6-10-17-12(16)8-7-11(14)15/h7-8H,3-6,9-10H2,1-2H3,(H,14,15). The predicted octanol–water partition coefficient (Wildman–Crippen LogP) is 1.29. The van der Waals surface area contributed by atoms with Gasteiger partial charge in [-0.3, -0.25) is 0 Å². The summed E-state index contributed by atoms with van der Waals surface area (Å²) in [6.45, 7) is 1.42. The summed E-state index contributed by atoms with van der Waals surface area (Å²) in [5.41, 5.74) is 0. The number of hydrogen-bond donors (Lipinski definition) is 1. The minimum Gasteiger partial charge on any atom is -0.478 e. The number of esters is 1. The van der Waals surface area contributed by atoms with E-state index in [9.17, 15) is 9.59 Å². The zero-order chi connectivity index (χ0) is 13.1. The van der Waals surface area contributed by atoms with Crippen LogP contribution in [-0.2, 0) is 14.3 Å². The van der Waals surface area contributed by atoms with Crippen molar-refractivity contribution in [1.82, 2.24) is 4.90 Å². The van der Waals surface area contributed by atoms with Crippen molar-refractivity contribution in [3.05, 3.63) is 12.2 Å². The summed E-state index contributed by atoms with van der Waals surface area (Å²) in [6.07, 6.45) is 5.79. The monoisotopic (exact) mass is 243 g/mol. The van der Waals surface area contributed by atoms with Gasteiger partial charge in [-0.15, -0.1) is 0 Å². The minimum absolute atomic E-state index is 0.352. The summed E-state index contributed by atoms with van der Waals surface area (Å²) in [5, 5.41) is 8.28. The molecule has 0 fully saturated rings. The molecular formula is C12H21NO4. The Morgan fingerprint density at radius 3 is 2.35 bits per heavy atom. The van der Waals surface area contributed by atoms with Crippen molar-refractivity contribution in [2.75, 3.05) is 27.2 Å². The third-order valence-corrected chi connectivity index (χ3v) is 2.11. The molecule has 0 aliphatic heterocycles. The summed E-state index contributed by atoms with van der Waals surface area (Å²) in [7, 11) is 4.08. The van der Waals surface area contributed by atoms with Crippen LogP contribution in [-0.4, -0.2) is 49.2 Å². The van der Waals surface area contributed by atoms with Gasteiger partial charge in [0, 0.05) is 12.2 Å². The first-order valence-corrected chi connectivity index (χ1v) is 5.75. The molecule has 0 atom stereocenters. The van der Waals surface area contributed by atoms with E-state index < -0.39 is 11.9 Å². The number of hydrogen-bond acceptors (Lipinski definition) is 4. The average Bonchev–Trinajstić information content (AvgIpc) is 2.24. The van der Waals surface area contributed by atoms with Crippen LogP contribution in [0.1, 0.15) is 25.7 Å². The van der Waals surface area contributed by atoms with Crippen molar-refractivity contribution in [2.24, 2.45) is 0 Å². The fraction of sp³-hybridized carbons (Fsp3) is 0.667. The molecule has 0 saturated carbocycles. The molecule has 0 heterocycles. The third kappa shape index (κ3) is 12.6. The average molecular weight is 243 g/mol. The second kappa shape index (κ2) is 9.84. The van der Waals surface area contributed by atoms with Crippen LogP contribution in [0, 0.1) is 0 Å². The largest absolute Gasteiger partial charge is 0.478 e. The van der Waals surface area contributed by atoms with E-state index in [1.165, 1.54) is 0 Å². The lowest BCUT2D eigenvalue weighted by Gasteiger charge is -2.08. The molecule has 0 amide bonds. The maximum atomic E-state index is 10.9. The number of carboxylic acid groups (broad SMARTS) is 1. The number of aliphatic carboxylic acids is 1. The molecule has 0 radical (unpaired) electrons. The minimum atomic E-state index is -1.15. The van der Waals surface area contributed by atoms with E-state index >= 15 is 0 Å². The Labute approximate surface area is 102 Å². The summed E-state index contributed by atoms with van der Waals surface area (Å²) in [4.78, 5) is 23.2. The summed E-state index contributed by atoms with van der Waals surface area (Å²) in [5.74, 6) is -1.74. The van der Waals surface area contributed by atoms with Gasteiger partial charge in [0.2, 0.25) is 0 Å². The molecule has 1 N–H and O–H groups in total. The first-order valence-electron chi connectivity index (χ1n) is 5.75. The molecular weight excluding hydrogens is 222 g/mol. The van der Waals surface area contributed by atoms with E-state index in [2.05, 4.69) is 4.90 Å². The fourth-order valence-electron chi connectivity index (χ4n) is 1.24. The van der Waals surface area contributed by atoms with Crippen LogP contribution in [0.25, 0.3) is 0 Å². The molecule has 98 valence electrons. The number of rotatable bonds is 9. The van der Waals surface area contributed by atoms with Crippen molar-refractivity contribution >= 4 is 11.9 Å². The summed E-state index contributed by atoms with van der Waals surface area (Å²) >= 11 is 0. The first-order chi connectivity index (χ1) is 8.02. The highest BCUT2D eigenvalue weighted by molar-refractivity contribution is 5.90. The van der Waals surface area contributed by atoms with Gasteiger partial charge in [0.15, 0.2) is 0 Å². The number of carbonyl (C=O) groups is 2. The van der Waals surface area contributed by atoms with Gasteiger partial charge in [-0.1, -0.05) is 12.8 Å². The van der Waals surface area contributed by atoms with Crippen molar-refractivity contribution in [3.63, 3.8) is 0 Å². The fourth-order valence-corrected chi connectivity index (χ4v) is 1.24. The van der Waals surface area contributed by atoms with E-state index in [-0.39, 0.29) is 0 Å². The maximum absolute atomic E-state index is 10.9. The zero-order valence-electron chi connectivity index (χ0n) is 10.5. The molecule has 0 saturated heterocycles. The van der Waals surface area contributed by atoms with Gasteiger partial charge in [-0.2, -0.15) is 0 Å². The van der Waals surface area contributed by atoms with Crippen molar-refractivity contribution in [3.8, 4) is 0 Å². The van der Waals surface area contributed by atoms with Crippen LogP contribution < -0.4 is 0 Å². The lowest BCUT2D eigenvalue weighted by molar-refractivity contribution is -0.138. The topological polar surface area (TPSA) is 66.8 Å². The predicted molar refractivity (Wildman–Crippen MR) is 64.8 cm³/mol. The van der Waals surface area contributed by atoms with E-state index in [0.717, 1.165) is 44.4 Å². The van der Waals surface area contributed by atoms with E-state index in [1.54, 1.807) is 0 Å². The van der Waals surface area contributed by atoms with Crippen LogP contribution >= 0.6 is 0 Å². The molecule has 5 nitrogen and oxygen atoms in total. The Bertz CT molecular complexity index is 261. The van der Waals surface area contributed by atoms with Crippen LogP contribution in [0.2, 0.25) is 0 Å². The quantitative estimate of drug-likeness (QED) is 0.375. The highest BCUT2D eigenvalue weighted by Gasteiger charge is 1.98. The molecule has 0 unspecified atom stereocenters. The van der Waals surface area contributed by atoms with Crippen LogP contribution in [0.15, 0.2) is 12.2 Å². The summed E-state index contributed by atoms with van der Waals surface area (Å²) < 4.78 is 4.82. The highest BCUT2D eigenvalue weighted by atomic mass is 16.5. The Kier molecular flexibility index (Phi) is 9.05. The van der Waals surface area contributed by atoms with Gasteiger partial charge in [0.05, 0.1) is 6.61 Å². The van der Waals surface area contributed by atoms with Gasteiger partial charge in [0.25, 0.3) is 0 Å². The maximum Gasteiger partial charge on any atom is 0.331 e. The van der Waals surface area contributed by atoms with E-state index in [4.69, 9.17) is 9.84 Å². The molecule has 0 aliphatic carbocycles. The second-order valence-corrected chi connectivity index (χ2v) is 4.06. The second-order valence-electron chi connectivity index (χ2n) is 4.06. The lowest BCUT2D eigenvalue weighted by Crippen LogP contribution is -2.12. The lowest BCUT2D eigenvalue weighted by atomic mass is 10.2. The number of carboxylic acids is 1. The number of ether oxygens (including phenoxy) is 1. The molecule has 5 heteroatoms. The Morgan fingerprint density at radius 1 is 1.12 bits per heavy atom. The first kappa shape index (κ1) is 15.6. The smallest absolute Gasteiger partial charge is 0.331 e. The number of carbonyl (C=O) groups excluding carboxylic acids is 1. The van der Waals surface area contributed by atoms with E-state index in [0.29, 0.717) is 6.61 Å². The molecule has 17 heavy (non-hydrogen) atoms. The molecule has 0 rings (SSSR count). The highest BCUT2D eigenvalue weighted by Crippen LogP contribution is 2.01. The normalized spacial score (nSPS) is 11.0. The number of unbranched alkanes of at least 4 members (excludes halogenated alkanes) is 3. The molecule has 0 aromatic carbocycles. The van der Waals surface area contributed by atoms with Crippen molar-refractivity contribution < 1.29 is 19.4 Å². The zero-order valence-corrected chi connectivity index (χ0v) is 10.5. The number of nitrogens with zero attached hydrogens (tertiary/aromatic N) is 1. The SMILES string of the molecule is CN(C)CCCCCCOC(=O)C=CC(=O)O.